The number of pyridine rings is 1. The van der Waals surface area contributed by atoms with E-state index in [1.807, 2.05) is 11.8 Å². The summed E-state index contributed by atoms with van der Waals surface area (Å²) in [5.41, 5.74) is -2.34. The Balaban J connectivity index is 1.60. The van der Waals surface area contributed by atoms with Crippen LogP contribution in [-0.4, -0.2) is 59.2 Å². The van der Waals surface area contributed by atoms with Gasteiger partial charge >= 0.3 is 6.61 Å². The number of rotatable bonds is 11. The molecule has 10 nitrogen and oxygen atoms in total. The van der Waals surface area contributed by atoms with E-state index in [9.17, 15) is 18.4 Å². The van der Waals surface area contributed by atoms with E-state index < -0.39 is 41.0 Å². The Labute approximate surface area is 265 Å². The molecule has 0 aliphatic carbocycles. The molecule has 1 N–H and O–H groups in total. The molecule has 0 atom stereocenters. The van der Waals surface area contributed by atoms with Gasteiger partial charge < -0.3 is 24.3 Å². The molecule has 4 aromatic rings. The van der Waals surface area contributed by atoms with Crippen molar-refractivity contribution in [2.45, 2.75) is 19.5 Å². The highest BCUT2D eigenvalue weighted by atomic mass is 32.2. The van der Waals surface area contributed by atoms with Crippen molar-refractivity contribution in [3.63, 3.8) is 0 Å². The van der Waals surface area contributed by atoms with Crippen molar-refractivity contribution in [1.82, 2.24) is 14.3 Å². The lowest BCUT2D eigenvalue weighted by Gasteiger charge is -2.21. The Morgan fingerprint density at radius 3 is 2.24 bits per heavy atom. The summed E-state index contributed by atoms with van der Waals surface area (Å²) in [6.07, 6.45) is 1.98. The van der Waals surface area contributed by atoms with Crippen LogP contribution in [0.4, 0.5) is 23.2 Å². The molecule has 0 unspecified atom stereocenters. The Hall–Kier alpha value is -4.66. The molecule has 0 saturated carbocycles. The van der Waals surface area contributed by atoms with E-state index in [0.717, 1.165) is 58.0 Å². The Morgan fingerprint density at radius 2 is 1.63 bits per heavy atom. The van der Waals surface area contributed by atoms with Crippen LogP contribution in [0.25, 0.3) is 17.1 Å². The summed E-state index contributed by atoms with van der Waals surface area (Å²) in [7, 11) is 4.03. The van der Waals surface area contributed by atoms with Crippen LogP contribution in [0.2, 0.25) is 0 Å². The van der Waals surface area contributed by atoms with Gasteiger partial charge in [-0.05, 0) is 54.5 Å². The van der Waals surface area contributed by atoms with Crippen molar-refractivity contribution in [2.24, 2.45) is 13.0 Å². The molecular weight excluding hydrogens is 632 g/mol. The molecule has 15 heteroatoms. The molecule has 1 aliphatic rings. The normalized spacial score (nSPS) is 13.5. The van der Waals surface area contributed by atoms with E-state index >= 15 is 8.78 Å². The fraction of sp³-hybridized carbons (Fsp3) is 0.323. The number of hydrogen-bond donors (Lipinski definition) is 1. The summed E-state index contributed by atoms with van der Waals surface area (Å²) < 4.78 is 78.9. The number of nitrogens with one attached hydrogen (secondary N) is 1. The molecule has 0 radical (unpaired) electrons. The van der Waals surface area contributed by atoms with Crippen LogP contribution in [0.3, 0.4) is 0 Å². The molecule has 1 fully saturated rings. The number of carbonyl (C=O) groups is 1. The van der Waals surface area contributed by atoms with Crippen molar-refractivity contribution < 1.29 is 41.3 Å². The predicted octanol–water partition coefficient (Wildman–Crippen LogP) is 5.91. The Morgan fingerprint density at radius 1 is 1.00 bits per heavy atom. The van der Waals surface area contributed by atoms with Crippen LogP contribution in [-0.2, 0) is 7.05 Å². The van der Waals surface area contributed by atoms with Gasteiger partial charge in [-0.25, -0.2) is 8.78 Å². The number of hydrogen-bond acceptors (Lipinski definition) is 8. The number of aromatic nitrogens is 3. The SMILES string of the molecule is COc1cc(OCC2CCSCC2)nc(-n2c(=O)c(NC(=O)c3ccc(OC(F)F)cc3)c(-c3c(F)cc(OC)cc3F)n2C)c1. The van der Waals surface area contributed by atoms with E-state index in [1.165, 1.54) is 39.5 Å². The summed E-state index contributed by atoms with van der Waals surface area (Å²) in [5.74, 6) is -0.431. The first-order chi connectivity index (χ1) is 22.1. The molecule has 1 saturated heterocycles. The van der Waals surface area contributed by atoms with E-state index in [1.54, 1.807) is 6.07 Å². The smallest absolute Gasteiger partial charge is 0.387 e. The Kier molecular flexibility index (Phi) is 10.1. The summed E-state index contributed by atoms with van der Waals surface area (Å²) in [6.45, 7) is -2.67. The molecule has 0 bridgehead atoms. The minimum absolute atomic E-state index is 0.00868. The van der Waals surface area contributed by atoms with Crippen molar-refractivity contribution in [1.29, 1.82) is 0 Å². The fourth-order valence-electron chi connectivity index (χ4n) is 5.01. The molecule has 46 heavy (non-hydrogen) atoms. The highest BCUT2D eigenvalue weighted by Crippen LogP contribution is 2.35. The predicted molar refractivity (Wildman–Crippen MR) is 164 cm³/mol. The van der Waals surface area contributed by atoms with Gasteiger partial charge in [-0.1, -0.05) is 0 Å². The minimum atomic E-state index is -3.07. The molecule has 244 valence electrons. The van der Waals surface area contributed by atoms with Gasteiger partial charge in [0, 0.05) is 36.9 Å². The van der Waals surface area contributed by atoms with Crippen LogP contribution in [0.1, 0.15) is 23.2 Å². The fourth-order valence-corrected chi connectivity index (χ4v) is 6.22. The van der Waals surface area contributed by atoms with Gasteiger partial charge in [-0.2, -0.15) is 30.2 Å². The Bertz CT molecular complexity index is 1750. The molecule has 1 aliphatic heterocycles. The van der Waals surface area contributed by atoms with Crippen LogP contribution < -0.4 is 29.8 Å². The third-order valence-corrected chi connectivity index (χ3v) is 8.41. The van der Waals surface area contributed by atoms with Gasteiger partial charge in [-0.15, -0.1) is 0 Å². The molecule has 1 amide bonds. The van der Waals surface area contributed by atoms with Crippen LogP contribution >= 0.6 is 11.8 Å². The number of halogens is 4. The second-order valence-electron chi connectivity index (χ2n) is 10.3. The molecule has 5 rings (SSSR count). The number of nitrogens with zero attached hydrogens (tertiary/aromatic N) is 3. The molecule has 2 aromatic carbocycles. The van der Waals surface area contributed by atoms with E-state index in [0.29, 0.717) is 18.3 Å². The number of amides is 1. The van der Waals surface area contributed by atoms with E-state index in [4.69, 9.17) is 14.2 Å². The maximum Gasteiger partial charge on any atom is 0.387 e. The summed E-state index contributed by atoms with van der Waals surface area (Å²) >= 11 is 1.89. The highest BCUT2D eigenvalue weighted by Gasteiger charge is 2.29. The third-order valence-electron chi connectivity index (χ3n) is 7.36. The van der Waals surface area contributed by atoms with Crippen LogP contribution in [0.15, 0.2) is 53.3 Å². The van der Waals surface area contributed by atoms with Gasteiger partial charge in [0.25, 0.3) is 11.5 Å². The number of alkyl halides is 2. The highest BCUT2D eigenvalue weighted by molar-refractivity contribution is 7.99. The monoisotopic (exact) mass is 662 g/mol. The molecule has 2 aromatic heterocycles. The number of ether oxygens (including phenoxy) is 4. The lowest BCUT2D eigenvalue weighted by molar-refractivity contribution is -0.0498. The average molecular weight is 663 g/mol. The van der Waals surface area contributed by atoms with Crippen molar-refractivity contribution >= 4 is 23.4 Å². The lowest BCUT2D eigenvalue weighted by atomic mass is 10.0. The number of thioether (sulfide) groups is 1. The van der Waals surface area contributed by atoms with Crippen molar-refractivity contribution in [2.75, 3.05) is 37.6 Å². The zero-order chi connectivity index (χ0) is 33.0. The van der Waals surface area contributed by atoms with E-state index in [2.05, 4.69) is 15.0 Å². The first kappa shape index (κ1) is 32.7. The number of carbonyl (C=O) groups excluding carboxylic acids is 1. The maximum atomic E-state index is 15.5. The number of methoxy groups -OCH3 is 2. The zero-order valence-electron chi connectivity index (χ0n) is 25.0. The van der Waals surface area contributed by atoms with Crippen molar-refractivity contribution in [3.05, 3.63) is 76.1 Å². The average Bonchev–Trinajstić information content (AvgIpc) is 3.28. The number of anilines is 1. The molecular formula is C31H30F4N4O6S. The van der Waals surface area contributed by atoms with E-state index in [-0.39, 0.29) is 34.5 Å². The molecule has 0 spiro atoms. The van der Waals surface area contributed by atoms with Gasteiger partial charge in [-0.3, -0.25) is 14.3 Å². The summed E-state index contributed by atoms with van der Waals surface area (Å²) in [5, 5.41) is 2.44. The topological polar surface area (TPSA) is 106 Å². The van der Waals surface area contributed by atoms with Crippen LogP contribution in [0, 0.1) is 17.6 Å². The zero-order valence-corrected chi connectivity index (χ0v) is 25.8. The number of benzene rings is 2. The third kappa shape index (κ3) is 7.09. The lowest BCUT2D eigenvalue weighted by Crippen LogP contribution is -2.24. The maximum absolute atomic E-state index is 15.5. The van der Waals surface area contributed by atoms with Gasteiger partial charge in [0.15, 0.2) is 5.82 Å². The summed E-state index contributed by atoms with van der Waals surface area (Å²) in [6, 6.07) is 9.54. The van der Waals surface area contributed by atoms with Gasteiger partial charge in [0.05, 0.1) is 26.4 Å². The van der Waals surface area contributed by atoms with Crippen LogP contribution in [0.5, 0.6) is 23.1 Å². The minimum Gasteiger partial charge on any atom is -0.497 e. The first-order valence-electron chi connectivity index (χ1n) is 14.1. The van der Waals surface area contributed by atoms with Gasteiger partial charge in [0.2, 0.25) is 5.88 Å². The first-order valence-corrected chi connectivity index (χ1v) is 15.2. The summed E-state index contributed by atoms with van der Waals surface area (Å²) in [4.78, 5) is 31.8. The second kappa shape index (κ2) is 14.2. The van der Waals surface area contributed by atoms with Gasteiger partial charge in [0.1, 0.15) is 40.3 Å². The molecule has 3 heterocycles. The largest absolute Gasteiger partial charge is 0.497 e. The standard InChI is InChI=1S/C31H30F4N4O6S/c1-38-28(26-22(32)12-20(42-2)13-23(26)33)27(37-29(40)18-4-6-19(7-5-18)45-31(34)35)30(41)39(38)24-14-21(43-3)15-25(36-24)44-16-17-8-10-46-11-9-17/h4-7,12-15,17,31H,8-11,16H2,1-3H3,(H,37,40). The quantitative estimate of drug-likeness (QED) is 0.198. The second-order valence-corrected chi connectivity index (χ2v) is 11.5. The van der Waals surface area contributed by atoms with Crippen molar-refractivity contribution in [3.8, 4) is 40.2 Å².